The highest BCUT2D eigenvalue weighted by Gasteiger charge is 2.67. The maximum Gasteiger partial charge on any atom is 0.471 e. The average molecular weight is 418 g/mol. The highest BCUT2D eigenvalue weighted by molar-refractivity contribution is 6.07. The number of aryl methyl sites for hydroxylation is 1. The molecule has 0 unspecified atom stereocenters. The van der Waals surface area contributed by atoms with Crippen LogP contribution in [-0.2, 0) is 14.4 Å². The van der Waals surface area contributed by atoms with Gasteiger partial charge in [-0.2, -0.15) is 13.2 Å². The number of imide groups is 1. The zero-order valence-corrected chi connectivity index (χ0v) is 16.5. The lowest BCUT2D eigenvalue weighted by Crippen LogP contribution is -2.49. The highest BCUT2D eigenvalue weighted by Crippen LogP contribution is 2.65. The van der Waals surface area contributed by atoms with Crippen molar-refractivity contribution in [2.24, 2.45) is 35.5 Å². The van der Waals surface area contributed by atoms with E-state index in [2.05, 4.69) is 0 Å². The molecule has 2 bridgehead atoms. The molecule has 158 valence electrons. The molecule has 3 amide bonds. The molecule has 5 aliphatic rings. The lowest BCUT2D eigenvalue weighted by molar-refractivity contribution is -0.171. The summed E-state index contributed by atoms with van der Waals surface area (Å²) in [5.41, 5.74) is 1.26. The second-order valence-electron chi connectivity index (χ2n) is 8.85. The van der Waals surface area contributed by atoms with Gasteiger partial charge in [0.1, 0.15) is 6.67 Å². The minimum atomic E-state index is -5.13. The molecular weight excluding hydrogens is 397 g/mol. The number of halogens is 3. The molecule has 3 fully saturated rings. The van der Waals surface area contributed by atoms with Crippen LogP contribution in [0, 0.1) is 49.4 Å². The van der Waals surface area contributed by atoms with Gasteiger partial charge in [0.15, 0.2) is 0 Å². The molecule has 6 rings (SSSR count). The number of carbonyl (C=O) groups is 3. The Labute approximate surface area is 171 Å². The van der Waals surface area contributed by atoms with Gasteiger partial charge in [0.05, 0.1) is 11.8 Å². The van der Waals surface area contributed by atoms with E-state index in [0.717, 1.165) is 11.3 Å². The van der Waals surface area contributed by atoms with E-state index >= 15 is 0 Å². The quantitative estimate of drug-likeness (QED) is 0.560. The van der Waals surface area contributed by atoms with Gasteiger partial charge in [-0.1, -0.05) is 24.3 Å². The van der Waals surface area contributed by atoms with Gasteiger partial charge in [-0.05, 0) is 61.1 Å². The number of amides is 3. The van der Waals surface area contributed by atoms with Crippen molar-refractivity contribution in [1.82, 2.24) is 4.90 Å². The van der Waals surface area contributed by atoms with E-state index < -0.39 is 42.4 Å². The van der Waals surface area contributed by atoms with Gasteiger partial charge in [0.2, 0.25) is 11.8 Å². The summed E-state index contributed by atoms with van der Waals surface area (Å²) in [5.74, 6) is -3.31. The van der Waals surface area contributed by atoms with Crippen molar-refractivity contribution in [2.45, 2.75) is 26.4 Å². The molecule has 0 spiro atoms. The monoisotopic (exact) mass is 418 g/mol. The highest BCUT2D eigenvalue weighted by atomic mass is 19.4. The van der Waals surface area contributed by atoms with Crippen LogP contribution < -0.4 is 4.90 Å². The number of benzene rings is 1. The van der Waals surface area contributed by atoms with Crippen molar-refractivity contribution in [2.75, 3.05) is 11.6 Å². The van der Waals surface area contributed by atoms with E-state index in [1.807, 2.05) is 12.2 Å². The molecule has 0 radical (unpaired) electrons. The van der Waals surface area contributed by atoms with Crippen LogP contribution >= 0.6 is 0 Å². The first-order chi connectivity index (χ1) is 14.1. The number of nitrogens with zero attached hydrogens (tertiary/aromatic N) is 2. The van der Waals surface area contributed by atoms with Crippen molar-refractivity contribution >= 4 is 23.4 Å². The Bertz CT molecular complexity index is 966. The summed E-state index contributed by atoms with van der Waals surface area (Å²) >= 11 is 0. The molecule has 1 aliphatic heterocycles. The van der Waals surface area contributed by atoms with Gasteiger partial charge in [0.25, 0.3) is 0 Å². The minimum Gasteiger partial charge on any atom is -0.286 e. The third-order valence-electron chi connectivity index (χ3n) is 7.39. The van der Waals surface area contributed by atoms with Crippen molar-refractivity contribution in [3.8, 4) is 0 Å². The van der Waals surface area contributed by atoms with E-state index in [1.165, 1.54) is 6.07 Å². The SMILES string of the molecule is Cc1cccc(N(CN2C(=O)[C@@H]3[C@@H]4C=C[C@H]([C@H]5C[C@@H]45)[C@@H]3C2=O)C(=O)C(F)(F)F)c1C. The van der Waals surface area contributed by atoms with E-state index in [4.69, 9.17) is 0 Å². The van der Waals surface area contributed by atoms with Gasteiger partial charge in [-0.3, -0.25) is 24.2 Å². The molecule has 2 saturated carbocycles. The maximum atomic E-state index is 13.4. The van der Waals surface area contributed by atoms with Gasteiger partial charge < -0.3 is 0 Å². The fraction of sp³-hybridized carbons (Fsp3) is 0.500. The summed E-state index contributed by atoms with van der Waals surface area (Å²) in [6.07, 6.45) is -0.135. The number of carbonyl (C=O) groups excluding carboxylic acids is 3. The summed E-state index contributed by atoms with van der Waals surface area (Å²) in [6.45, 7) is 2.62. The Morgan fingerprint density at radius 1 is 1.07 bits per heavy atom. The maximum absolute atomic E-state index is 13.4. The van der Waals surface area contributed by atoms with Crippen molar-refractivity contribution in [3.63, 3.8) is 0 Å². The molecule has 0 N–H and O–H groups in total. The molecule has 0 aromatic heterocycles. The Hall–Kier alpha value is -2.64. The summed E-state index contributed by atoms with van der Waals surface area (Å²) < 4.78 is 40.1. The third kappa shape index (κ3) is 2.58. The Balaban J connectivity index is 1.50. The molecule has 1 aromatic carbocycles. The molecule has 1 aromatic rings. The molecule has 8 heteroatoms. The van der Waals surface area contributed by atoms with E-state index in [1.54, 1.807) is 26.0 Å². The molecule has 5 nitrogen and oxygen atoms in total. The summed E-state index contributed by atoms with van der Waals surface area (Å²) in [5, 5.41) is 0. The number of hydrogen-bond acceptors (Lipinski definition) is 3. The van der Waals surface area contributed by atoms with Crippen LogP contribution in [0.5, 0.6) is 0 Å². The number of hydrogen-bond donors (Lipinski definition) is 0. The average Bonchev–Trinajstić information content (AvgIpc) is 3.47. The Morgan fingerprint density at radius 3 is 2.17 bits per heavy atom. The predicted molar refractivity (Wildman–Crippen MR) is 101 cm³/mol. The van der Waals surface area contributed by atoms with E-state index in [-0.39, 0.29) is 17.5 Å². The van der Waals surface area contributed by atoms with Crippen LogP contribution in [0.3, 0.4) is 0 Å². The summed E-state index contributed by atoms with van der Waals surface area (Å²) in [6, 6.07) is 4.69. The molecule has 1 heterocycles. The van der Waals surface area contributed by atoms with Gasteiger partial charge in [0, 0.05) is 5.69 Å². The molecule has 6 atom stereocenters. The van der Waals surface area contributed by atoms with Crippen LogP contribution in [0.1, 0.15) is 17.5 Å². The first kappa shape index (κ1) is 19.3. The zero-order valence-electron chi connectivity index (χ0n) is 16.5. The smallest absolute Gasteiger partial charge is 0.286 e. The Kier molecular flexibility index (Phi) is 3.98. The van der Waals surface area contributed by atoms with Crippen LogP contribution in [0.2, 0.25) is 0 Å². The molecule has 1 saturated heterocycles. The van der Waals surface area contributed by atoms with Crippen LogP contribution in [0.25, 0.3) is 0 Å². The fourth-order valence-corrected chi connectivity index (χ4v) is 5.73. The predicted octanol–water partition coefficient (Wildman–Crippen LogP) is 3.21. The Morgan fingerprint density at radius 2 is 1.63 bits per heavy atom. The lowest BCUT2D eigenvalue weighted by Gasteiger charge is -2.37. The van der Waals surface area contributed by atoms with Gasteiger partial charge in [-0.15, -0.1) is 0 Å². The van der Waals surface area contributed by atoms with Crippen LogP contribution in [0.15, 0.2) is 30.4 Å². The van der Waals surface area contributed by atoms with Crippen LogP contribution in [-0.4, -0.2) is 35.5 Å². The summed E-state index contributed by atoms with van der Waals surface area (Å²) in [4.78, 5) is 40.0. The number of alkyl halides is 3. The summed E-state index contributed by atoms with van der Waals surface area (Å²) in [7, 11) is 0. The number of rotatable bonds is 3. The first-order valence-corrected chi connectivity index (χ1v) is 10.1. The molecular formula is C22H21F3N2O3. The number of allylic oxidation sites excluding steroid dienone is 2. The first-order valence-electron chi connectivity index (χ1n) is 10.1. The zero-order chi connectivity index (χ0) is 21.5. The van der Waals surface area contributed by atoms with Crippen molar-refractivity contribution in [3.05, 3.63) is 41.5 Å². The van der Waals surface area contributed by atoms with Gasteiger partial charge >= 0.3 is 12.1 Å². The second-order valence-corrected chi connectivity index (χ2v) is 8.85. The van der Waals surface area contributed by atoms with E-state index in [9.17, 15) is 27.6 Å². The topological polar surface area (TPSA) is 57.7 Å². The fourth-order valence-electron chi connectivity index (χ4n) is 5.73. The molecule has 30 heavy (non-hydrogen) atoms. The molecule has 4 aliphatic carbocycles. The number of likely N-dealkylation sites (tertiary alicyclic amines) is 1. The van der Waals surface area contributed by atoms with Crippen molar-refractivity contribution in [1.29, 1.82) is 0 Å². The van der Waals surface area contributed by atoms with E-state index in [0.29, 0.717) is 27.9 Å². The largest absolute Gasteiger partial charge is 0.471 e. The standard InChI is InChI=1S/C22H21F3N2O3/c1-10-4-3-5-16(11(10)2)26(21(30)22(23,24)25)9-27-19(28)17-12-6-7-13(15-8-14(12)15)18(17)20(27)29/h3-7,12-15,17-18H,8-9H2,1-2H3/t12-,13-,14-,15+,17+,18-/m1/s1. The van der Waals surface area contributed by atoms with Gasteiger partial charge in [-0.25, -0.2) is 0 Å². The van der Waals surface area contributed by atoms with Crippen molar-refractivity contribution < 1.29 is 27.6 Å². The second kappa shape index (κ2) is 6.18. The minimum absolute atomic E-state index is 0.0288. The lowest BCUT2D eigenvalue weighted by atomic mass is 9.63. The van der Waals surface area contributed by atoms with Crippen LogP contribution in [0.4, 0.5) is 18.9 Å². The number of anilines is 1. The third-order valence-corrected chi connectivity index (χ3v) is 7.39. The normalized spacial score (nSPS) is 33.6.